The zero-order valence-corrected chi connectivity index (χ0v) is 16.4. The van der Waals surface area contributed by atoms with Crippen LogP contribution in [0.15, 0.2) is 40.8 Å². The van der Waals surface area contributed by atoms with Gasteiger partial charge in [0.25, 0.3) is 0 Å². The Hall–Kier alpha value is -2.75. The Morgan fingerprint density at radius 3 is 2.23 bits per heavy atom. The normalized spacial score (nSPS) is 15.0. The van der Waals surface area contributed by atoms with Crippen LogP contribution in [0.1, 0.15) is 37.4 Å². The molecule has 0 radical (unpaired) electrons. The maximum absolute atomic E-state index is 13.7. The SMILES string of the molecule is CC(C)C[C@H](NC(c1ccc2c(c1)oc1ccc(C(F)(F)F)cc12)C(F)(F)F)C(=O)O. The summed E-state index contributed by atoms with van der Waals surface area (Å²) in [5.74, 6) is -1.57. The Bertz CT molecular complexity index is 1100. The van der Waals surface area contributed by atoms with Crippen LogP contribution < -0.4 is 5.32 Å². The number of carbonyl (C=O) groups is 1. The molecule has 0 aliphatic rings. The number of fused-ring (bicyclic) bond motifs is 3. The summed E-state index contributed by atoms with van der Waals surface area (Å²) in [7, 11) is 0. The highest BCUT2D eigenvalue weighted by atomic mass is 19.4. The summed E-state index contributed by atoms with van der Waals surface area (Å²) in [5.41, 5.74) is -1.14. The average Bonchev–Trinajstić information content (AvgIpc) is 2.99. The van der Waals surface area contributed by atoms with E-state index in [0.717, 1.165) is 30.3 Å². The first-order valence-corrected chi connectivity index (χ1v) is 9.36. The first kappa shape index (κ1) is 22.9. The molecular weight excluding hydrogens is 428 g/mol. The van der Waals surface area contributed by atoms with E-state index < -0.39 is 36.0 Å². The van der Waals surface area contributed by atoms with Crippen LogP contribution >= 0.6 is 0 Å². The Morgan fingerprint density at radius 1 is 1.00 bits per heavy atom. The van der Waals surface area contributed by atoms with Crippen LogP contribution in [0, 0.1) is 5.92 Å². The minimum absolute atomic E-state index is 0.0188. The van der Waals surface area contributed by atoms with Crippen LogP contribution in [-0.2, 0) is 11.0 Å². The van der Waals surface area contributed by atoms with Crippen molar-refractivity contribution in [2.24, 2.45) is 5.92 Å². The minimum atomic E-state index is -4.81. The second-order valence-corrected chi connectivity index (χ2v) is 7.73. The number of benzene rings is 2. The van der Waals surface area contributed by atoms with Crippen molar-refractivity contribution in [1.29, 1.82) is 0 Å². The van der Waals surface area contributed by atoms with Crippen molar-refractivity contribution in [2.45, 2.75) is 44.7 Å². The summed E-state index contributed by atoms with van der Waals surface area (Å²) >= 11 is 0. The lowest BCUT2D eigenvalue weighted by Gasteiger charge is -2.26. The Labute approximate surface area is 172 Å². The van der Waals surface area contributed by atoms with Crippen LogP contribution in [-0.4, -0.2) is 23.3 Å². The number of alkyl halides is 6. The van der Waals surface area contributed by atoms with Gasteiger partial charge in [0, 0.05) is 10.8 Å². The fourth-order valence-electron chi connectivity index (χ4n) is 3.44. The van der Waals surface area contributed by atoms with Crippen molar-refractivity contribution in [3.05, 3.63) is 47.5 Å². The fraction of sp³-hybridized carbons (Fsp3) is 0.381. The lowest BCUT2D eigenvalue weighted by atomic mass is 9.99. The highest BCUT2D eigenvalue weighted by Gasteiger charge is 2.43. The van der Waals surface area contributed by atoms with Crippen LogP contribution in [0.2, 0.25) is 0 Å². The van der Waals surface area contributed by atoms with Crippen LogP contribution in [0.3, 0.4) is 0 Å². The average molecular weight is 447 g/mol. The minimum Gasteiger partial charge on any atom is -0.480 e. The zero-order chi connectivity index (χ0) is 23.1. The van der Waals surface area contributed by atoms with E-state index >= 15 is 0 Å². The molecular formula is C21H19F6NO3. The molecule has 0 saturated heterocycles. The standard InChI is InChI=1S/C21H19F6NO3/c1-10(2)7-15(19(29)30)28-18(21(25,26)27)11-3-5-13-14-9-12(20(22,23)24)4-6-16(14)31-17(13)8-11/h3-6,8-10,15,18,28H,7H2,1-2H3,(H,29,30)/t15-,18?/m0/s1. The molecule has 0 bridgehead atoms. The van der Waals surface area contributed by atoms with E-state index in [-0.39, 0.29) is 39.8 Å². The summed E-state index contributed by atoms with van der Waals surface area (Å²) in [6.07, 6.45) is -9.41. The predicted octanol–water partition coefficient (Wildman–Crippen LogP) is 6.30. The van der Waals surface area contributed by atoms with Gasteiger partial charge in [0.2, 0.25) is 0 Å². The molecule has 31 heavy (non-hydrogen) atoms. The van der Waals surface area contributed by atoms with Gasteiger partial charge < -0.3 is 9.52 Å². The van der Waals surface area contributed by atoms with Gasteiger partial charge in [-0.2, -0.15) is 26.3 Å². The highest BCUT2D eigenvalue weighted by Crippen LogP contribution is 2.39. The third-order valence-corrected chi connectivity index (χ3v) is 4.86. The third-order valence-electron chi connectivity index (χ3n) is 4.86. The van der Waals surface area contributed by atoms with Gasteiger partial charge in [-0.05, 0) is 42.2 Å². The van der Waals surface area contributed by atoms with E-state index in [2.05, 4.69) is 5.32 Å². The van der Waals surface area contributed by atoms with Crippen molar-refractivity contribution in [3.63, 3.8) is 0 Å². The number of nitrogens with one attached hydrogen (secondary N) is 1. The van der Waals surface area contributed by atoms with Crippen molar-refractivity contribution >= 4 is 27.9 Å². The summed E-state index contributed by atoms with van der Waals surface area (Å²) in [5, 5.41) is 11.8. The Balaban J connectivity index is 2.06. The van der Waals surface area contributed by atoms with E-state index in [0.29, 0.717) is 0 Å². The molecule has 3 rings (SSSR count). The highest BCUT2D eigenvalue weighted by molar-refractivity contribution is 6.05. The van der Waals surface area contributed by atoms with Gasteiger partial charge in [-0.15, -0.1) is 0 Å². The molecule has 0 saturated carbocycles. The quantitative estimate of drug-likeness (QED) is 0.436. The molecule has 0 aliphatic heterocycles. The number of rotatable bonds is 6. The van der Waals surface area contributed by atoms with Crippen molar-refractivity contribution < 1.29 is 40.7 Å². The number of carboxylic acids is 1. The second-order valence-electron chi connectivity index (χ2n) is 7.73. The summed E-state index contributed by atoms with van der Waals surface area (Å²) in [6.45, 7) is 3.38. The number of aliphatic carboxylic acids is 1. The maximum atomic E-state index is 13.7. The molecule has 2 N–H and O–H groups in total. The van der Waals surface area contributed by atoms with E-state index in [1.54, 1.807) is 13.8 Å². The topological polar surface area (TPSA) is 62.5 Å². The molecule has 0 fully saturated rings. The van der Waals surface area contributed by atoms with Gasteiger partial charge in [0.1, 0.15) is 23.2 Å². The molecule has 10 heteroatoms. The van der Waals surface area contributed by atoms with Gasteiger partial charge in [-0.1, -0.05) is 26.0 Å². The van der Waals surface area contributed by atoms with Gasteiger partial charge in [0.15, 0.2) is 0 Å². The molecule has 2 aromatic carbocycles. The molecule has 3 aromatic rings. The second kappa shape index (κ2) is 8.07. The Morgan fingerprint density at radius 2 is 1.68 bits per heavy atom. The third kappa shape index (κ3) is 4.95. The van der Waals surface area contributed by atoms with Crippen LogP contribution in [0.4, 0.5) is 26.3 Å². The predicted molar refractivity (Wildman–Crippen MR) is 102 cm³/mol. The van der Waals surface area contributed by atoms with Crippen molar-refractivity contribution in [2.75, 3.05) is 0 Å². The van der Waals surface area contributed by atoms with Gasteiger partial charge in [-0.3, -0.25) is 10.1 Å². The van der Waals surface area contributed by atoms with E-state index in [4.69, 9.17) is 4.42 Å². The summed E-state index contributed by atoms with van der Waals surface area (Å²) < 4.78 is 85.7. The molecule has 0 amide bonds. The van der Waals surface area contributed by atoms with Gasteiger partial charge in [0.05, 0.1) is 5.56 Å². The number of halogens is 6. The smallest absolute Gasteiger partial charge is 0.416 e. The molecule has 2 atom stereocenters. The fourth-order valence-corrected chi connectivity index (χ4v) is 3.44. The zero-order valence-electron chi connectivity index (χ0n) is 16.4. The maximum Gasteiger partial charge on any atom is 0.416 e. The molecule has 1 unspecified atom stereocenters. The van der Waals surface area contributed by atoms with E-state index in [9.17, 15) is 36.2 Å². The molecule has 0 spiro atoms. The molecule has 1 aromatic heterocycles. The molecule has 4 nitrogen and oxygen atoms in total. The van der Waals surface area contributed by atoms with E-state index in [1.165, 1.54) is 6.07 Å². The van der Waals surface area contributed by atoms with Crippen molar-refractivity contribution in [1.82, 2.24) is 5.32 Å². The Kier molecular flexibility index (Phi) is 5.96. The van der Waals surface area contributed by atoms with Crippen LogP contribution in [0.5, 0.6) is 0 Å². The van der Waals surface area contributed by atoms with Gasteiger partial charge >= 0.3 is 18.3 Å². The van der Waals surface area contributed by atoms with Gasteiger partial charge in [-0.25, -0.2) is 0 Å². The molecule has 168 valence electrons. The lowest BCUT2D eigenvalue weighted by molar-refractivity contribution is -0.163. The summed E-state index contributed by atoms with van der Waals surface area (Å²) in [6, 6.07) is 2.51. The summed E-state index contributed by atoms with van der Waals surface area (Å²) in [4.78, 5) is 11.4. The monoisotopic (exact) mass is 447 g/mol. The largest absolute Gasteiger partial charge is 0.480 e. The molecule has 0 aliphatic carbocycles. The first-order valence-electron chi connectivity index (χ1n) is 9.36. The number of hydrogen-bond donors (Lipinski definition) is 2. The van der Waals surface area contributed by atoms with E-state index in [1.807, 2.05) is 0 Å². The van der Waals surface area contributed by atoms with Crippen molar-refractivity contribution in [3.8, 4) is 0 Å². The lowest BCUT2D eigenvalue weighted by Crippen LogP contribution is -2.45. The first-order chi connectivity index (χ1) is 14.3. The van der Waals surface area contributed by atoms with Crippen LogP contribution in [0.25, 0.3) is 21.9 Å². The number of carboxylic acid groups (broad SMARTS) is 1. The number of furan rings is 1. The number of hydrogen-bond acceptors (Lipinski definition) is 3. The molecule has 1 heterocycles.